The summed E-state index contributed by atoms with van der Waals surface area (Å²) in [5, 5.41) is 12.7. The van der Waals surface area contributed by atoms with E-state index in [0.717, 1.165) is 0 Å². The van der Waals surface area contributed by atoms with Gasteiger partial charge < -0.3 is 10.1 Å². The highest BCUT2D eigenvalue weighted by molar-refractivity contribution is 7.98. The van der Waals surface area contributed by atoms with Crippen LogP contribution in [0.3, 0.4) is 0 Å². The van der Waals surface area contributed by atoms with Crippen molar-refractivity contribution in [2.45, 2.75) is 37.3 Å². The molecular weight excluding hydrogens is 459 g/mol. The predicted octanol–water partition coefficient (Wildman–Crippen LogP) is 4.20. The molecule has 0 saturated carbocycles. The standard InChI is InChI=1S/C20H22Cl2N6O2S/c1-13(2)30-8-4-7-23-19(29)18-17(12-31-20-24-5-3-6-25-20)28(27-26-18)16-10-14(21)9-15(22)11-16/h3,5-6,9-11,13H,4,7-8,12H2,1-2H3,(H,23,29). The lowest BCUT2D eigenvalue weighted by molar-refractivity contribution is 0.0756. The number of carbonyl (C=O) groups is 1. The molecule has 1 amide bonds. The van der Waals surface area contributed by atoms with E-state index in [0.29, 0.717) is 51.9 Å². The molecule has 11 heteroatoms. The Morgan fingerprint density at radius 3 is 2.58 bits per heavy atom. The minimum absolute atomic E-state index is 0.156. The van der Waals surface area contributed by atoms with Gasteiger partial charge in [-0.3, -0.25) is 4.79 Å². The zero-order valence-electron chi connectivity index (χ0n) is 17.1. The summed E-state index contributed by atoms with van der Waals surface area (Å²) in [4.78, 5) is 21.2. The Morgan fingerprint density at radius 1 is 1.19 bits per heavy atom. The van der Waals surface area contributed by atoms with Crippen molar-refractivity contribution in [1.82, 2.24) is 30.3 Å². The van der Waals surface area contributed by atoms with E-state index in [-0.39, 0.29) is 17.7 Å². The molecule has 0 aliphatic carbocycles. The van der Waals surface area contributed by atoms with Crippen molar-refractivity contribution in [2.24, 2.45) is 0 Å². The van der Waals surface area contributed by atoms with Crippen molar-refractivity contribution < 1.29 is 9.53 Å². The van der Waals surface area contributed by atoms with E-state index >= 15 is 0 Å². The van der Waals surface area contributed by atoms with E-state index < -0.39 is 0 Å². The van der Waals surface area contributed by atoms with Crippen LogP contribution in [0.5, 0.6) is 0 Å². The fourth-order valence-electron chi connectivity index (χ4n) is 2.65. The Labute approximate surface area is 194 Å². The first-order valence-corrected chi connectivity index (χ1v) is 11.4. The summed E-state index contributed by atoms with van der Waals surface area (Å²) in [5.41, 5.74) is 1.43. The van der Waals surface area contributed by atoms with Gasteiger partial charge in [0.15, 0.2) is 10.9 Å². The number of nitrogens with zero attached hydrogens (tertiary/aromatic N) is 5. The molecule has 31 heavy (non-hydrogen) atoms. The van der Waals surface area contributed by atoms with Crippen molar-refractivity contribution >= 4 is 40.9 Å². The molecule has 1 N–H and O–H groups in total. The number of hydrogen-bond donors (Lipinski definition) is 1. The Morgan fingerprint density at radius 2 is 1.90 bits per heavy atom. The summed E-state index contributed by atoms with van der Waals surface area (Å²) < 4.78 is 7.06. The first kappa shape index (κ1) is 23.5. The van der Waals surface area contributed by atoms with E-state index in [4.69, 9.17) is 27.9 Å². The van der Waals surface area contributed by atoms with Gasteiger partial charge in [0, 0.05) is 41.3 Å². The zero-order valence-corrected chi connectivity index (χ0v) is 19.4. The van der Waals surface area contributed by atoms with Crippen molar-refractivity contribution in [3.05, 3.63) is 58.1 Å². The van der Waals surface area contributed by atoms with Gasteiger partial charge in [-0.25, -0.2) is 14.6 Å². The third kappa shape index (κ3) is 6.90. The van der Waals surface area contributed by atoms with E-state index in [1.54, 1.807) is 41.3 Å². The molecule has 164 valence electrons. The normalized spacial score (nSPS) is 11.1. The molecule has 2 heterocycles. The van der Waals surface area contributed by atoms with E-state index in [9.17, 15) is 4.79 Å². The lowest BCUT2D eigenvalue weighted by Gasteiger charge is -2.10. The maximum absolute atomic E-state index is 12.8. The Hall–Kier alpha value is -2.20. The highest BCUT2D eigenvalue weighted by atomic mass is 35.5. The molecule has 0 aliphatic heterocycles. The number of amides is 1. The Balaban J connectivity index is 1.80. The van der Waals surface area contributed by atoms with Crippen LogP contribution in [0.1, 0.15) is 36.5 Å². The van der Waals surface area contributed by atoms with Gasteiger partial charge in [-0.15, -0.1) is 5.10 Å². The molecule has 2 aromatic heterocycles. The molecule has 0 bridgehead atoms. The number of ether oxygens (including phenoxy) is 1. The number of nitrogens with one attached hydrogen (secondary N) is 1. The van der Waals surface area contributed by atoms with Gasteiger partial charge in [0.25, 0.3) is 5.91 Å². The van der Waals surface area contributed by atoms with Crippen molar-refractivity contribution in [3.63, 3.8) is 0 Å². The minimum atomic E-state index is -0.312. The molecular formula is C20H22Cl2N6O2S. The average Bonchev–Trinajstić information content (AvgIpc) is 3.16. The number of carbonyl (C=O) groups excluding carboxylic acids is 1. The van der Waals surface area contributed by atoms with Crippen LogP contribution in [-0.2, 0) is 10.5 Å². The largest absolute Gasteiger partial charge is 0.379 e. The summed E-state index contributed by atoms with van der Waals surface area (Å²) in [6.45, 7) is 4.98. The van der Waals surface area contributed by atoms with Gasteiger partial charge >= 0.3 is 0 Å². The number of hydrogen-bond acceptors (Lipinski definition) is 7. The highest BCUT2D eigenvalue weighted by Crippen LogP contribution is 2.26. The third-order valence-electron chi connectivity index (χ3n) is 4.01. The highest BCUT2D eigenvalue weighted by Gasteiger charge is 2.21. The minimum Gasteiger partial charge on any atom is -0.379 e. The van der Waals surface area contributed by atoms with Gasteiger partial charge in [-0.1, -0.05) is 40.2 Å². The molecule has 0 fully saturated rings. The van der Waals surface area contributed by atoms with Gasteiger partial charge in [0.2, 0.25) is 0 Å². The van der Waals surface area contributed by atoms with Crippen LogP contribution in [0.2, 0.25) is 10.0 Å². The molecule has 0 unspecified atom stereocenters. The summed E-state index contributed by atoms with van der Waals surface area (Å²) in [7, 11) is 0. The lowest BCUT2D eigenvalue weighted by atomic mass is 10.2. The van der Waals surface area contributed by atoms with E-state index in [1.165, 1.54) is 11.8 Å². The lowest BCUT2D eigenvalue weighted by Crippen LogP contribution is -2.27. The number of benzene rings is 1. The predicted molar refractivity (Wildman–Crippen MR) is 121 cm³/mol. The maximum Gasteiger partial charge on any atom is 0.273 e. The summed E-state index contributed by atoms with van der Waals surface area (Å²) >= 11 is 13.7. The topological polar surface area (TPSA) is 94.8 Å². The van der Waals surface area contributed by atoms with Crippen LogP contribution < -0.4 is 5.32 Å². The van der Waals surface area contributed by atoms with Gasteiger partial charge in [-0.05, 0) is 44.5 Å². The molecule has 3 aromatic rings. The second-order valence-corrected chi connectivity index (χ2v) is 8.59. The molecule has 0 saturated heterocycles. The van der Waals surface area contributed by atoms with Gasteiger partial charge in [0.1, 0.15) is 0 Å². The SMILES string of the molecule is CC(C)OCCCNC(=O)c1nnn(-c2cc(Cl)cc(Cl)c2)c1CSc1ncccn1. The molecule has 0 aliphatic rings. The maximum atomic E-state index is 12.8. The fourth-order valence-corrected chi connectivity index (χ4v) is 3.96. The summed E-state index contributed by atoms with van der Waals surface area (Å²) in [6.07, 6.45) is 4.18. The Kier molecular flexibility index (Phi) is 8.65. The van der Waals surface area contributed by atoms with Crippen LogP contribution in [0.25, 0.3) is 5.69 Å². The first-order valence-electron chi connectivity index (χ1n) is 9.64. The van der Waals surface area contributed by atoms with Crippen LogP contribution in [0.15, 0.2) is 41.8 Å². The first-order chi connectivity index (χ1) is 14.9. The van der Waals surface area contributed by atoms with E-state index in [2.05, 4.69) is 25.6 Å². The van der Waals surface area contributed by atoms with Crippen LogP contribution in [0, 0.1) is 0 Å². The molecule has 3 rings (SSSR count). The number of rotatable bonds is 10. The van der Waals surface area contributed by atoms with Crippen molar-refractivity contribution in [3.8, 4) is 5.69 Å². The second kappa shape index (κ2) is 11.4. The van der Waals surface area contributed by atoms with Crippen LogP contribution >= 0.6 is 35.0 Å². The summed E-state index contributed by atoms with van der Waals surface area (Å²) in [5.74, 6) is 0.0638. The summed E-state index contributed by atoms with van der Waals surface area (Å²) in [6, 6.07) is 6.79. The molecule has 8 nitrogen and oxygen atoms in total. The molecule has 1 aromatic carbocycles. The van der Waals surface area contributed by atoms with Crippen molar-refractivity contribution in [1.29, 1.82) is 0 Å². The Bertz CT molecular complexity index is 996. The van der Waals surface area contributed by atoms with Crippen molar-refractivity contribution in [2.75, 3.05) is 13.2 Å². The number of halogens is 2. The van der Waals surface area contributed by atoms with Crippen LogP contribution in [-0.4, -0.2) is 50.1 Å². The van der Waals surface area contributed by atoms with Gasteiger partial charge in [0.05, 0.1) is 17.5 Å². The fraction of sp³-hybridized carbons (Fsp3) is 0.350. The molecule has 0 atom stereocenters. The smallest absolute Gasteiger partial charge is 0.273 e. The number of thioether (sulfide) groups is 1. The molecule has 0 spiro atoms. The monoisotopic (exact) mass is 480 g/mol. The molecule has 0 radical (unpaired) electrons. The zero-order chi connectivity index (χ0) is 22.2. The quantitative estimate of drug-likeness (QED) is 0.264. The third-order valence-corrected chi connectivity index (χ3v) is 5.33. The second-order valence-electron chi connectivity index (χ2n) is 6.77. The van der Waals surface area contributed by atoms with E-state index in [1.807, 2.05) is 13.8 Å². The average molecular weight is 481 g/mol. The van der Waals surface area contributed by atoms with Gasteiger partial charge in [-0.2, -0.15) is 0 Å². The number of aromatic nitrogens is 5. The van der Waals surface area contributed by atoms with Crippen LogP contribution in [0.4, 0.5) is 0 Å².